The van der Waals surface area contributed by atoms with Gasteiger partial charge in [0.15, 0.2) is 0 Å². The fraction of sp³-hybridized carbons (Fsp3) is 0.571. The van der Waals surface area contributed by atoms with E-state index in [9.17, 15) is 14.4 Å². The molecule has 2 N–H and O–H groups in total. The molecule has 4 aliphatic rings. The van der Waals surface area contributed by atoms with Gasteiger partial charge in [-0.3, -0.25) is 24.6 Å². The average Bonchev–Trinajstić information content (AvgIpc) is 3.24. The number of likely N-dealkylation sites (N-methyl/N-ethyl adjacent to an activating group) is 1. The number of amides is 3. The number of rotatable bonds is 4. The van der Waals surface area contributed by atoms with Crippen LogP contribution in [0.2, 0.25) is 0 Å². The van der Waals surface area contributed by atoms with Crippen LogP contribution in [-0.4, -0.2) is 72.0 Å². The van der Waals surface area contributed by atoms with Gasteiger partial charge in [0.2, 0.25) is 11.8 Å². The number of fused-ring (bicyclic) bond motifs is 1. The summed E-state index contributed by atoms with van der Waals surface area (Å²) in [6, 6.07) is 5.79. The minimum Gasteiger partial charge on any atom is -0.371 e. The first-order chi connectivity index (χ1) is 14.0. The zero-order valence-electron chi connectivity index (χ0n) is 16.6. The Morgan fingerprint density at radius 1 is 1.28 bits per heavy atom. The van der Waals surface area contributed by atoms with Gasteiger partial charge >= 0.3 is 0 Å². The number of hydrogen-bond donors (Lipinski definition) is 2. The molecule has 0 saturated carbocycles. The van der Waals surface area contributed by atoms with Gasteiger partial charge in [0.25, 0.3) is 5.91 Å². The van der Waals surface area contributed by atoms with Crippen molar-refractivity contribution in [1.29, 1.82) is 0 Å². The van der Waals surface area contributed by atoms with E-state index in [-0.39, 0.29) is 29.7 Å². The number of likely N-dealkylation sites (tertiary alicyclic amines) is 1. The predicted molar refractivity (Wildman–Crippen MR) is 104 cm³/mol. The van der Waals surface area contributed by atoms with Crippen molar-refractivity contribution in [2.45, 2.75) is 50.0 Å². The van der Waals surface area contributed by atoms with Gasteiger partial charge in [-0.25, -0.2) is 0 Å². The first-order valence-electron chi connectivity index (χ1n) is 10.3. The second kappa shape index (κ2) is 6.90. The maximum atomic E-state index is 13.2. The molecule has 3 amide bonds. The van der Waals surface area contributed by atoms with Crippen LogP contribution in [0.4, 0.5) is 0 Å². The molecule has 1 spiro atoms. The summed E-state index contributed by atoms with van der Waals surface area (Å²) in [5.74, 6) is -0.740. The van der Waals surface area contributed by atoms with Crippen molar-refractivity contribution in [3.63, 3.8) is 0 Å². The van der Waals surface area contributed by atoms with Crippen molar-refractivity contribution in [3.8, 4) is 0 Å². The first-order valence-corrected chi connectivity index (χ1v) is 10.3. The monoisotopic (exact) mass is 398 g/mol. The van der Waals surface area contributed by atoms with Gasteiger partial charge in [-0.2, -0.15) is 0 Å². The molecule has 29 heavy (non-hydrogen) atoms. The van der Waals surface area contributed by atoms with Gasteiger partial charge in [0.1, 0.15) is 6.04 Å². The lowest BCUT2D eigenvalue weighted by Crippen LogP contribution is -2.61. The lowest BCUT2D eigenvalue weighted by molar-refractivity contribution is -0.136. The smallest absolute Gasteiger partial charge is 0.255 e. The first kappa shape index (κ1) is 18.7. The number of carbonyl (C=O) groups excluding carboxylic acids is 3. The highest BCUT2D eigenvalue weighted by molar-refractivity contribution is 6.05. The van der Waals surface area contributed by atoms with Crippen LogP contribution < -0.4 is 10.6 Å². The molecule has 8 heteroatoms. The number of hydrogen-bond acceptors (Lipinski definition) is 6. The molecule has 154 valence electrons. The summed E-state index contributed by atoms with van der Waals surface area (Å²) in [6.07, 6.45) is 1.68. The fourth-order valence-electron chi connectivity index (χ4n) is 5.19. The number of carbonyl (C=O) groups is 3. The van der Waals surface area contributed by atoms with Gasteiger partial charge in [0.05, 0.1) is 12.2 Å². The van der Waals surface area contributed by atoms with Crippen LogP contribution in [0.25, 0.3) is 0 Å². The summed E-state index contributed by atoms with van der Waals surface area (Å²) >= 11 is 0. The van der Waals surface area contributed by atoms with Crippen LogP contribution in [0.5, 0.6) is 0 Å². The van der Waals surface area contributed by atoms with E-state index in [1.165, 1.54) is 0 Å². The Hall–Kier alpha value is -2.29. The summed E-state index contributed by atoms with van der Waals surface area (Å²) in [6.45, 7) is 3.63. The molecular weight excluding hydrogens is 372 g/mol. The molecule has 4 aliphatic heterocycles. The molecule has 8 nitrogen and oxygen atoms in total. The van der Waals surface area contributed by atoms with Crippen LogP contribution in [-0.2, 0) is 27.4 Å². The van der Waals surface area contributed by atoms with Gasteiger partial charge in [-0.15, -0.1) is 0 Å². The Labute approximate surface area is 169 Å². The largest absolute Gasteiger partial charge is 0.371 e. The van der Waals surface area contributed by atoms with Gasteiger partial charge in [0, 0.05) is 44.2 Å². The van der Waals surface area contributed by atoms with Gasteiger partial charge < -0.3 is 15.0 Å². The minimum absolute atomic E-state index is 0.0472. The molecule has 3 fully saturated rings. The van der Waals surface area contributed by atoms with Crippen LogP contribution >= 0.6 is 0 Å². The van der Waals surface area contributed by atoms with Crippen LogP contribution in [0.3, 0.4) is 0 Å². The predicted octanol–water partition coefficient (Wildman–Crippen LogP) is 0.0103. The van der Waals surface area contributed by atoms with E-state index >= 15 is 0 Å². The highest BCUT2D eigenvalue weighted by Gasteiger charge is 2.49. The summed E-state index contributed by atoms with van der Waals surface area (Å²) in [4.78, 5) is 40.8. The maximum absolute atomic E-state index is 13.2. The molecule has 1 aromatic carbocycles. The summed E-state index contributed by atoms with van der Waals surface area (Å²) in [5.41, 5.74) is 2.63. The number of imide groups is 1. The molecule has 2 unspecified atom stereocenters. The molecule has 1 aromatic rings. The van der Waals surface area contributed by atoms with E-state index in [2.05, 4.69) is 15.5 Å². The van der Waals surface area contributed by atoms with E-state index in [0.29, 0.717) is 25.6 Å². The quantitative estimate of drug-likeness (QED) is 0.695. The highest BCUT2D eigenvalue weighted by Crippen LogP contribution is 2.37. The van der Waals surface area contributed by atoms with E-state index in [1.54, 1.807) is 4.90 Å². The third kappa shape index (κ3) is 3.15. The third-order valence-electron chi connectivity index (χ3n) is 6.67. The standard InChI is InChI=1S/C21H26N4O4/c1-22-15-7-21(29-10-15)11-24(12-21)8-13-3-2-4-14-9-25(20(28)18(13)14)16-5-6-17(26)23-19(16)27/h2-4,15-16,22H,5-12H2,1H3,(H,23,26,27). The minimum atomic E-state index is -0.571. The van der Waals surface area contributed by atoms with Crippen molar-refractivity contribution >= 4 is 17.7 Å². The molecule has 0 radical (unpaired) electrons. The Balaban J connectivity index is 1.29. The Morgan fingerprint density at radius 2 is 2.10 bits per heavy atom. The summed E-state index contributed by atoms with van der Waals surface area (Å²) in [5, 5.41) is 5.64. The highest BCUT2D eigenvalue weighted by atomic mass is 16.5. The second-order valence-corrected chi connectivity index (χ2v) is 8.68. The Bertz CT molecular complexity index is 879. The lowest BCUT2D eigenvalue weighted by atomic mass is 9.88. The molecule has 2 atom stereocenters. The van der Waals surface area contributed by atoms with E-state index in [0.717, 1.165) is 42.8 Å². The number of piperidine rings is 1. The normalized spacial score (nSPS) is 28.6. The summed E-state index contributed by atoms with van der Waals surface area (Å²) in [7, 11) is 1.97. The number of ether oxygens (including phenoxy) is 1. The Morgan fingerprint density at radius 3 is 2.83 bits per heavy atom. The fourth-order valence-corrected chi connectivity index (χ4v) is 5.19. The van der Waals surface area contributed by atoms with Crippen molar-refractivity contribution in [3.05, 3.63) is 34.9 Å². The van der Waals surface area contributed by atoms with Gasteiger partial charge in [-0.1, -0.05) is 18.2 Å². The molecule has 0 aromatic heterocycles. The zero-order valence-corrected chi connectivity index (χ0v) is 16.6. The van der Waals surface area contributed by atoms with Crippen molar-refractivity contribution in [1.82, 2.24) is 20.4 Å². The van der Waals surface area contributed by atoms with E-state index < -0.39 is 6.04 Å². The number of nitrogens with zero attached hydrogens (tertiary/aromatic N) is 2. The van der Waals surface area contributed by atoms with E-state index in [1.807, 2.05) is 25.2 Å². The average molecular weight is 398 g/mol. The topological polar surface area (TPSA) is 91.0 Å². The van der Waals surface area contributed by atoms with Crippen molar-refractivity contribution in [2.75, 3.05) is 26.7 Å². The molecule has 0 bridgehead atoms. The third-order valence-corrected chi connectivity index (χ3v) is 6.67. The van der Waals surface area contributed by atoms with Crippen LogP contribution in [0.1, 0.15) is 40.7 Å². The number of nitrogens with one attached hydrogen (secondary N) is 2. The molecular formula is C21H26N4O4. The van der Waals surface area contributed by atoms with Gasteiger partial charge in [-0.05, 0) is 31.0 Å². The second-order valence-electron chi connectivity index (χ2n) is 8.68. The van der Waals surface area contributed by atoms with Crippen molar-refractivity contribution in [2.24, 2.45) is 0 Å². The SMILES string of the molecule is CNC1COC2(C1)CN(Cc1cccc3c1C(=O)N(C1CCC(=O)NC1=O)C3)C2. The molecule has 3 saturated heterocycles. The Kier molecular flexibility index (Phi) is 4.45. The molecule has 0 aliphatic carbocycles. The number of benzene rings is 1. The molecule has 4 heterocycles. The van der Waals surface area contributed by atoms with E-state index in [4.69, 9.17) is 4.74 Å². The van der Waals surface area contributed by atoms with Crippen LogP contribution in [0.15, 0.2) is 18.2 Å². The molecule has 5 rings (SSSR count). The summed E-state index contributed by atoms with van der Waals surface area (Å²) < 4.78 is 6.03. The maximum Gasteiger partial charge on any atom is 0.255 e. The van der Waals surface area contributed by atoms with Crippen molar-refractivity contribution < 1.29 is 19.1 Å². The lowest BCUT2D eigenvalue weighted by Gasteiger charge is -2.47. The zero-order chi connectivity index (χ0) is 20.2. The van der Waals surface area contributed by atoms with Crippen LogP contribution in [0, 0.1) is 0 Å².